The predicted octanol–water partition coefficient (Wildman–Crippen LogP) is -0.188. The van der Waals surface area contributed by atoms with Crippen LogP contribution in [0.2, 0.25) is 0 Å². The van der Waals surface area contributed by atoms with Gasteiger partial charge in [0.05, 0.1) is 12.2 Å². The van der Waals surface area contributed by atoms with Gasteiger partial charge in [-0.15, -0.1) is 0 Å². The minimum atomic E-state index is -1.79. The van der Waals surface area contributed by atoms with Crippen molar-refractivity contribution in [3.8, 4) is 5.88 Å². The standard InChI is InChI=1S/C6H11BN2O3/c1-5(2)9-6(3-4-8-9)12-7(10)11/h3-5,10-11H,1-2H3. The Morgan fingerprint density at radius 1 is 1.58 bits per heavy atom. The number of hydrogen-bond donors (Lipinski definition) is 2. The first-order chi connectivity index (χ1) is 5.61. The first-order valence-electron chi connectivity index (χ1n) is 3.67. The van der Waals surface area contributed by atoms with Crippen LogP contribution >= 0.6 is 0 Å². The molecule has 0 atom stereocenters. The fourth-order valence-electron chi connectivity index (χ4n) is 0.891. The minimum Gasteiger partial charge on any atom is -0.498 e. The molecule has 0 aliphatic heterocycles. The smallest absolute Gasteiger partial charge is 0.498 e. The molecule has 6 heteroatoms. The van der Waals surface area contributed by atoms with Gasteiger partial charge in [-0.1, -0.05) is 0 Å². The van der Waals surface area contributed by atoms with Gasteiger partial charge in [0, 0.05) is 6.07 Å². The van der Waals surface area contributed by atoms with Gasteiger partial charge in [-0.25, -0.2) is 4.68 Å². The summed E-state index contributed by atoms with van der Waals surface area (Å²) in [5, 5.41) is 21.0. The van der Waals surface area contributed by atoms with Crippen molar-refractivity contribution in [3.05, 3.63) is 12.3 Å². The average Bonchev–Trinajstić information content (AvgIpc) is 2.33. The highest BCUT2D eigenvalue weighted by molar-refractivity contribution is 6.33. The molecule has 0 amide bonds. The van der Waals surface area contributed by atoms with Crippen LogP contribution in [0.4, 0.5) is 0 Å². The summed E-state index contributed by atoms with van der Waals surface area (Å²) in [6, 6.07) is 1.70. The van der Waals surface area contributed by atoms with E-state index in [9.17, 15) is 0 Å². The van der Waals surface area contributed by atoms with Crippen LogP contribution in [0.1, 0.15) is 19.9 Å². The van der Waals surface area contributed by atoms with Crippen molar-refractivity contribution in [2.24, 2.45) is 0 Å². The van der Waals surface area contributed by atoms with E-state index in [-0.39, 0.29) is 6.04 Å². The van der Waals surface area contributed by atoms with Gasteiger partial charge in [-0.05, 0) is 13.8 Å². The van der Waals surface area contributed by atoms with E-state index in [1.807, 2.05) is 13.8 Å². The number of rotatable bonds is 3. The zero-order valence-corrected chi connectivity index (χ0v) is 7.01. The Balaban J connectivity index is 2.77. The maximum absolute atomic E-state index is 8.52. The Morgan fingerprint density at radius 3 is 2.75 bits per heavy atom. The molecule has 0 bridgehead atoms. The van der Waals surface area contributed by atoms with Crippen LogP contribution in [-0.2, 0) is 0 Å². The van der Waals surface area contributed by atoms with Crippen LogP contribution in [0.5, 0.6) is 5.88 Å². The Labute approximate surface area is 70.8 Å². The molecule has 0 unspecified atom stereocenters. The molecule has 2 N–H and O–H groups in total. The topological polar surface area (TPSA) is 67.5 Å². The van der Waals surface area contributed by atoms with Crippen molar-refractivity contribution < 1.29 is 14.7 Å². The van der Waals surface area contributed by atoms with Gasteiger partial charge in [0.25, 0.3) is 0 Å². The SMILES string of the molecule is CC(C)n1nccc1OB(O)O. The van der Waals surface area contributed by atoms with Gasteiger partial charge in [0.15, 0.2) is 5.88 Å². The molecule has 0 saturated carbocycles. The maximum Gasteiger partial charge on any atom is 0.708 e. The van der Waals surface area contributed by atoms with Gasteiger partial charge in [0.2, 0.25) is 0 Å². The van der Waals surface area contributed by atoms with Crippen molar-refractivity contribution in [3.63, 3.8) is 0 Å². The third-order valence-corrected chi connectivity index (χ3v) is 1.35. The average molecular weight is 170 g/mol. The van der Waals surface area contributed by atoms with E-state index < -0.39 is 7.32 Å². The molecule has 1 aromatic rings. The Hall–Kier alpha value is -1.01. The summed E-state index contributed by atoms with van der Waals surface area (Å²) in [5.41, 5.74) is 0. The summed E-state index contributed by atoms with van der Waals surface area (Å²) >= 11 is 0. The van der Waals surface area contributed by atoms with E-state index in [0.29, 0.717) is 5.88 Å². The molecular formula is C6H11BN2O3. The highest BCUT2D eigenvalue weighted by atomic mass is 16.6. The lowest BCUT2D eigenvalue weighted by Gasteiger charge is -2.10. The number of nitrogens with zero attached hydrogens (tertiary/aromatic N) is 2. The molecule has 66 valence electrons. The number of aromatic nitrogens is 2. The summed E-state index contributed by atoms with van der Waals surface area (Å²) in [6.07, 6.45) is 1.54. The Morgan fingerprint density at radius 2 is 2.25 bits per heavy atom. The van der Waals surface area contributed by atoms with Gasteiger partial charge in [-0.2, -0.15) is 5.10 Å². The predicted molar refractivity (Wildman–Crippen MR) is 43.4 cm³/mol. The fourth-order valence-corrected chi connectivity index (χ4v) is 0.891. The van der Waals surface area contributed by atoms with E-state index in [4.69, 9.17) is 10.0 Å². The summed E-state index contributed by atoms with van der Waals surface area (Å²) in [4.78, 5) is 0. The zero-order valence-electron chi connectivity index (χ0n) is 7.01. The molecule has 0 aliphatic carbocycles. The second-order valence-corrected chi connectivity index (χ2v) is 2.65. The normalized spacial score (nSPS) is 10.4. The van der Waals surface area contributed by atoms with Crippen LogP contribution < -0.4 is 4.65 Å². The lowest BCUT2D eigenvalue weighted by Crippen LogP contribution is -2.22. The molecule has 1 heterocycles. The van der Waals surface area contributed by atoms with Crippen LogP contribution in [-0.4, -0.2) is 27.1 Å². The fraction of sp³-hybridized carbons (Fsp3) is 0.500. The zero-order chi connectivity index (χ0) is 9.14. The molecule has 0 fully saturated rings. The van der Waals surface area contributed by atoms with Crippen LogP contribution in [0.3, 0.4) is 0 Å². The molecule has 1 rings (SSSR count). The van der Waals surface area contributed by atoms with E-state index in [0.717, 1.165) is 0 Å². The van der Waals surface area contributed by atoms with Gasteiger partial charge < -0.3 is 14.7 Å². The second-order valence-electron chi connectivity index (χ2n) is 2.65. The second kappa shape index (κ2) is 3.60. The summed E-state index contributed by atoms with van der Waals surface area (Å²) in [5.74, 6) is 0.347. The third-order valence-electron chi connectivity index (χ3n) is 1.35. The highest BCUT2D eigenvalue weighted by Gasteiger charge is 2.15. The van der Waals surface area contributed by atoms with Crippen molar-refractivity contribution in [2.45, 2.75) is 19.9 Å². The lowest BCUT2D eigenvalue weighted by atomic mass is 10.3. The van der Waals surface area contributed by atoms with Gasteiger partial charge in [-0.3, -0.25) is 0 Å². The minimum absolute atomic E-state index is 0.133. The van der Waals surface area contributed by atoms with Gasteiger partial charge in [0.1, 0.15) is 0 Å². The van der Waals surface area contributed by atoms with Crippen molar-refractivity contribution in [2.75, 3.05) is 0 Å². The molecule has 0 saturated heterocycles. The molecule has 0 spiro atoms. The van der Waals surface area contributed by atoms with Crippen LogP contribution in [0.15, 0.2) is 12.3 Å². The van der Waals surface area contributed by atoms with Gasteiger partial charge >= 0.3 is 7.32 Å². The molecule has 0 radical (unpaired) electrons. The van der Waals surface area contributed by atoms with E-state index >= 15 is 0 Å². The summed E-state index contributed by atoms with van der Waals surface area (Å²) in [6.45, 7) is 3.84. The highest BCUT2D eigenvalue weighted by Crippen LogP contribution is 2.15. The molecular weight excluding hydrogens is 159 g/mol. The first-order valence-corrected chi connectivity index (χ1v) is 3.67. The van der Waals surface area contributed by atoms with Crippen LogP contribution in [0, 0.1) is 0 Å². The van der Waals surface area contributed by atoms with E-state index in [1.165, 1.54) is 6.20 Å². The summed E-state index contributed by atoms with van der Waals surface area (Å²) in [7, 11) is -1.79. The third kappa shape index (κ3) is 1.99. The monoisotopic (exact) mass is 170 g/mol. The first kappa shape index (κ1) is 9.09. The maximum atomic E-state index is 8.52. The lowest BCUT2D eigenvalue weighted by molar-refractivity contribution is 0.270. The summed E-state index contributed by atoms with van der Waals surface area (Å²) < 4.78 is 6.21. The Kier molecular flexibility index (Phi) is 2.72. The molecule has 5 nitrogen and oxygen atoms in total. The van der Waals surface area contributed by atoms with E-state index in [1.54, 1.807) is 10.7 Å². The quantitative estimate of drug-likeness (QED) is 0.617. The largest absolute Gasteiger partial charge is 0.708 e. The van der Waals surface area contributed by atoms with Crippen molar-refractivity contribution >= 4 is 7.32 Å². The van der Waals surface area contributed by atoms with Crippen molar-refractivity contribution in [1.29, 1.82) is 0 Å². The van der Waals surface area contributed by atoms with Crippen molar-refractivity contribution in [1.82, 2.24) is 9.78 Å². The molecule has 12 heavy (non-hydrogen) atoms. The molecule has 0 aromatic carbocycles. The van der Waals surface area contributed by atoms with E-state index in [2.05, 4.69) is 9.75 Å². The Bertz CT molecular complexity index is 249. The van der Waals surface area contributed by atoms with Crippen LogP contribution in [0.25, 0.3) is 0 Å². The number of hydrogen-bond acceptors (Lipinski definition) is 4. The molecule has 1 aromatic heterocycles. The molecule has 0 aliphatic rings.